The number of carbonyl (C=O) groups excluding carboxylic acids is 2. The van der Waals surface area contributed by atoms with Gasteiger partial charge in [0.1, 0.15) is 11.3 Å². The van der Waals surface area contributed by atoms with Gasteiger partial charge >= 0.3 is 29.6 Å². The normalized spacial score (nSPS) is 15.9. The van der Waals surface area contributed by atoms with E-state index in [1.807, 2.05) is 53.2 Å². The zero-order valence-electron chi connectivity index (χ0n) is 17.6. The molecule has 0 radical (unpaired) electrons. The number of aliphatic hydroxyl groups excluding tert-OH is 1. The van der Waals surface area contributed by atoms with Gasteiger partial charge in [-0.15, -0.1) is 0 Å². The Morgan fingerprint density at radius 3 is 2.57 bits per heavy atom. The molecule has 8 heteroatoms. The first kappa shape index (κ1) is 21.8. The van der Waals surface area contributed by atoms with Crippen molar-refractivity contribution in [1.82, 2.24) is 14.9 Å². The number of hydrogen-bond donors (Lipinski definition) is 3. The number of hydrogen-bond acceptors (Lipinski definition) is 4. The summed E-state index contributed by atoms with van der Waals surface area (Å²) in [6.45, 7) is 0. The third-order valence-electron chi connectivity index (χ3n) is 4.77. The molecule has 0 bridgehead atoms. The second-order valence-electron chi connectivity index (χ2n) is 6.86. The van der Waals surface area contributed by atoms with Crippen LogP contribution in [0.1, 0.15) is 13.4 Å². The van der Waals surface area contributed by atoms with E-state index in [1.54, 1.807) is 24.7 Å². The van der Waals surface area contributed by atoms with Crippen LogP contribution in [0.15, 0.2) is 84.7 Å². The van der Waals surface area contributed by atoms with Gasteiger partial charge in [-0.1, -0.05) is 30.3 Å². The number of nitrogens with one attached hydrogen (secondary N) is 2. The summed E-state index contributed by atoms with van der Waals surface area (Å²) in [5, 5.41) is 15.8. The predicted octanol–water partition coefficient (Wildman–Crippen LogP) is -0.129. The molecule has 1 aliphatic rings. The minimum atomic E-state index is -0.631. The first-order chi connectivity index (χ1) is 14.1. The summed E-state index contributed by atoms with van der Waals surface area (Å²) in [5.74, 6) is -1.39. The summed E-state index contributed by atoms with van der Waals surface area (Å²) >= 11 is 0. The molecule has 0 saturated heterocycles. The third-order valence-corrected chi connectivity index (χ3v) is 4.77. The fourth-order valence-corrected chi connectivity index (χ4v) is 3.35. The molecule has 2 aromatic carbocycles. The van der Waals surface area contributed by atoms with E-state index >= 15 is 0 Å². The molecule has 1 aliphatic heterocycles. The van der Waals surface area contributed by atoms with Gasteiger partial charge in [-0.2, -0.15) is 0 Å². The van der Waals surface area contributed by atoms with E-state index < -0.39 is 11.8 Å². The average molecular weight is 412 g/mol. The maximum absolute atomic E-state index is 12.6. The molecule has 7 nitrogen and oxygen atoms in total. The average Bonchev–Trinajstić information content (AvgIpc) is 3.23. The van der Waals surface area contributed by atoms with Crippen LogP contribution in [0.5, 0.6) is 0 Å². The molecule has 1 unspecified atom stereocenters. The fourth-order valence-electron chi connectivity index (χ4n) is 3.35. The molecule has 0 spiro atoms. The Morgan fingerprint density at radius 2 is 1.93 bits per heavy atom. The van der Waals surface area contributed by atoms with Crippen molar-refractivity contribution in [1.29, 1.82) is 0 Å². The van der Waals surface area contributed by atoms with Gasteiger partial charge in [0.05, 0.1) is 6.33 Å². The number of carbonyl (C=O) groups is 2. The van der Waals surface area contributed by atoms with Crippen LogP contribution >= 0.6 is 0 Å². The third kappa shape index (κ3) is 4.99. The summed E-state index contributed by atoms with van der Waals surface area (Å²) in [7, 11) is 0. The molecule has 3 aromatic rings. The molecule has 0 saturated carbocycles. The van der Waals surface area contributed by atoms with E-state index in [0.29, 0.717) is 12.1 Å². The van der Waals surface area contributed by atoms with Gasteiger partial charge in [0.25, 0.3) is 11.8 Å². The van der Waals surface area contributed by atoms with Crippen molar-refractivity contribution in [2.75, 3.05) is 5.32 Å². The first-order valence-electron chi connectivity index (χ1n) is 9.27. The molecule has 148 valence electrons. The van der Waals surface area contributed by atoms with Gasteiger partial charge in [-0.25, -0.2) is 4.98 Å². The number of rotatable bonds is 5. The van der Waals surface area contributed by atoms with Crippen molar-refractivity contribution >= 4 is 17.5 Å². The summed E-state index contributed by atoms with van der Waals surface area (Å²) < 4.78 is 1.83. The molecule has 3 N–H and O–H groups in total. The molecule has 1 atom stereocenters. The van der Waals surface area contributed by atoms with Crippen LogP contribution in [0.2, 0.25) is 0 Å². The van der Waals surface area contributed by atoms with Crippen molar-refractivity contribution in [3.63, 3.8) is 0 Å². The van der Waals surface area contributed by atoms with Crippen LogP contribution < -0.4 is 40.2 Å². The van der Waals surface area contributed by atoms with E-state index in [1.165, 1.54) is 0 Å². The van der Waals surface area contributed by atoms with Crippen molar-refractivity contribution in [2.24, 2.45) is 0 Å². The Morgan fingerprint density at radius 1 is 1.20 bits per heavy atom. The summed E-state index contributed by atoms with van der Waals surface area (Å²) in [6, 6.07) is 16.5. The number of nitrogens with zero attached hydrogens (tertiary/aromatic N) is 2. The second-order valence-corrected chi connectivity index (χ2v) is 6.86. The number of imidazole rings is 1. The van der Waals surface area contributed by atoms with Crippen LogP contribution in [0, 0.1) is 0 Å². The van der Waals surface area contributed by atoms with E-state index in [2.05, 4.69) is 15.6 Å². The van der Waals surface area contributed by atoms with Gasteiger partial charge in [0.15, 0.2) is 0 Å². The van der Waals surface area contributed by atoms with Crippen LogP contribution in [-0.2, 0) is 16.0 Å². The molecular formula is C22H21N4NaO3. The van der Waals surface area contributed by atoms with Crippen molar-refractivity contribution in [3.8, 4) is 5.69 Å². The number of benzene rings is 2. The first-order valence-corrected chi connectivity index (χ1v) is 9.27. The summed E-state index contributed by atoms with van der Waals surface area (Å²) in [5.41, 5.74) is 2.23. The zero-order chi connectivity index (χ0) is 20.2. The number of anilines is 1. The van der Waals surface area contributed by atoms with E-state index in [4.69, 9.17) is 0 Å². The maximum atomic E-state index is 12.6. The summed E-state index contributed by atoms with van der Waals surface area (Å²) in [4.78, 5) is 29.0. The Labute approximate surface area is 197 Å². The second kappa shape index (κ2) is 9.75. The monoisotopic (exact) mass is 412 g/mol. The van der Waals surface area contributed by atoms with Gasteiger partial charge in [-0.3, -0.25) is 9.59 Å². The molecule has 2 heterocycles. The number of aliphatic hydroxyl groups is 1. The molecule has 4 rings (SSSR count). The molecular weight excluding hydrogens is 391 g/mol. The molecule has 0 aliphatic carbocycles. The molecule has 1 aromatic heterocycles. The standard InChI is InChI=1S/C22H20N4O3.Na.H/c27-19-13-17(12-15-4-2-1-3-5-15)25-22(29)20(19)21(28)24-16-6-8-18(9-7-16)26-11-10-23-14-26;;/h1-11,14,17,27H,12-13H2,(H,24,28)(H,25,29);;/q;+1;-1. The Hall–Kier alpha value is -2.87. The quantitative estimate of drug-likeness (QED) is 0.402. The van der Waals surface area contributed by atoms with Gasteiger partial charge in [-0.05, 0) is 36.2 Å². The van der Waals surface area contributed by atoms with Crippen LogP contribution in [0.4, 0.5) is 5.69 Å². The number of amides is 2. The minimum absolute atomic E-state index is 0. The fraction of sp³-hybridized carbons (Fsp3) is 0.136. The summed E-state index contributed by atoms with van der Waals surface area (Å²) in [6.07, 6.45) is 5.96. The largest absolute Gasteiger partial charge is 1.00 e. The van der Waals surface area contributed by atoms with E-state index in [0.717, 1.165) is 11.3 Å². The predicted molar refractivity (Wildman–Crippen MR) is 110 cm³/mol. The Balaban J connectivity index is 0.00000171. The molecule has 2 amide bonds. The van der Waals surface area contributed by atoms with Gasteiger partial charge < -0.3 is 21.7 Å². The van der Waals surface area contributed by atoms with Crippen LogP contribution in [-0.4, -0.2) is 32.5 Å². The smallest absolute Gasteiger partial charge is 1.00 e. The van der Waals surface area contributed by atoms with Crippen molar-refractivity contribution < 1.29 is 45.7 Å². The zero-order valence-corrected chi connectivity index (χ0v) is 18.6. The SMILES string of the molecule is O=C(Nc1ccc(-n2ccnc2)cc1)C1=C(O)CC(Cc2ccccc2)NC1=O.[H-].[Na+]. The van der Waals surface area contributed by atoms with Crippen LogP contribution in [0.25, 0.3) is 5.69 Å². The number of aromatic nitrogens is 2. The molecule has 30 heavy (non-hydrogen) atoms. The Bertz CT molecular complexity index is 1050. The minimum Gasteiger partial charge on any atom is -1.00 e. The van der Waals surface area contributed by atoms with Gasteiger partial charge in [0, 0.05) is 36.2 Å². The maximum Gasteiger partial charge on any atom is 1.00 e. The molecule has 0 fully saturated rings. The van der Waals surface area contributed by atoms with Crippen LogP contribution in [0.3, 0.4) is 0 Å². The Kier molecular flexibility index (Phi) is 7.10. The van der Waals surface area contributed by atoms with E-state index in [-0.39, 0.29) is 54.8 Å². The van der Waals surface area contributed by atoms with Gasteiger partial charge in [0.2, 0.25) is 0 Å². The van der Waals surface area contributed by atoms with Crippen molar-refractivity contribution in [2.45, 2.75) is 18.9 Å². The van der Waals surface area contributed by atoms with Crippen molar-refractivity contribution in [3.05, 3.63) is 90.2 Å². The van der Waals surface area contributed by atoms with E-state index in [9.17, 15) is 14.7 Å². The topological polar surface area (TPSA) is 96.2 Å².